The molecule has 6 nitrogen and oxygen atoms in total. The molecule has 1 saturated carbocycles. The van der Waals surface area contributed by atoms with Gasteiger partial charge >= 0.3 is 0 Å². The van der Waals surface area contributed by atoms with Gasteiger partial charge in [0, 0.05) is 23.5 Å². The Bertz CT molecular complexity index is 1140. The molecular formula is C27H34FN3O3. The van der Waals surface area contributed by atoms with Crippen LogP contribution < -0.4 is 10.6 Å². The number of Topliss-reactive ketones (excluding diaryl/α,β-unsaturated/α-hetero) is 1. The number of aryl methyl sites for hydroxylation is 1. The Balaban J connectivity index is 1.62. The van der Waals surface area contributed by atoms with Gasteiger partial charge < -0.3 is 15.2 Å². The molecule has 7 heteroatoms. The van der Waals surface area contributed by atoms with E-state index < -0.39 is 11.7 Å². The van der Waals surface area contributed by atoms with Gasteiger partial charge in [0.05, 0.1) is 11.3 Å². The molecule has 0 saturated heterocycles. The highest BCUT2D eigenvalue weighted by atomic mass is 19.1. The van der Waals surface area contributed by atoms with Gasteiger partial charge in [-0.2, -0.15) is 0 Å². The highest BCUT2D eigenvalue weighted by molar-refractivity contribution is 6.43. The first-order valence-electron chi connectivity index (χ1n) is 12.3. The molecule has 2 N–H and O–H groups in total. The van der Waals surface area contributed by atoms with Crippen LogP contribution in [0.25, 0.3) is 0 Å². The molecular weight excluding hydrogens is 433 g/mol. The van der Waals surface area contributed by atoms with E-state index in [0.717, 1.165) is 44.2 Å². The van der Waals surface area contributed by atoms with E-state index >= 15 is 0 Å². The summed E-state index contributed by atoms with van der Waals surface area (Å²) in [4.78, 5) is 39.7. The standard InChI is InChI=1S/C27H34FN3O3/c1-16-10-12-27(4,13-11-16)30-26(34)24(32)23-18(3)22(21-7-5-6-14-31(21)23)25(33)29-19-8-9-20(28)17(2)15-19/h8-9,15-16H,5-7,10-14H2,1-4H3,(H,29,33)(H,30,34). The van der Waals surface area contributed by atoms with Crippen molar-refractivity contribution < 1.29 is 18.8 Å². The number of hydrogen-bond donors (Lipinski definition) is 2. The third-order valence-electron chi connectivity index (χ3n) is 7.52. The molecule has 2 aliphatic rings. The summed E-state index contributed by atoms with van der Waals surface area (Å²) in [5, 5.41) is 5.84. The highest BCUT2D eigenvalue weighted by Crippen LogP contribution is 2.33. The Morgan fingerprint density at radius 2 is 1.82 bits per heavy atom. The third kappa shape index (κ3) is 4.65. The number of carbonyl (C=O) groups is 3. The maximum atomic E-state index is 13.6. The fourth-order valence-corrected chi connectivity index (χ4v) is 5.35. The number of rotatable bonds is 5. The van der Waals surface area contributed by atoms with Crippen molar-refractivity contribution in [2.45, 2.75) is 84.7 Å². The minimum Gasteiger partial charge on any atom is -0.344 e. The second-order valence-electron chi connectivity index (χ2n) is 10.3. The number of benzene rings is 1. The van der Waals surface area contributed by atoms with E-state index in [2.05, 4.69) is 17.6 Å². The minimum atomic E-state index is -0.604. The van der Waals surface area contributed by atoms with Crippen molar-refractivity contribution in [1.82, 2.24) is 9.88 Å². The molecule has 1 aliphatic heterocycles. The number of nitrogens with zero attached hydrogens (tertiary/aromatic N) is 1. The number of halogens is 1. The van der Waals surface area contributed by atoms with E-state index in [1.807, 2.05) is 11.5 Å². The van der Waals surface area contributed by atoms with Crippen molar-refractivity contribution in [3.63, 3.8) is 0 Å². The Morgan fingerprint density at radius 1 is 1.12 bits per heavy atom. The summed E-state index contributed by atoms with van der Waals surface area (Å²) in [5.74, 6) is -1.24. The average molecular weight is 468 g/mol. The number of carbonyl (C=O) groups excluding carboxylic acids is 3. The molecule has 0 spiro atoms. The lowest BCUT2D eigenvalue weighted by atomic mass is 9.78. The van der Waals surface area contributed by atoms with Crippen LogP contribution in [-0.4, -0.2) is 27.7 Å². The number of fused-ring (bicyclic) bond motifs is 1. The van der Waals surface area contributed by atoms with Crippen LogP contribution in [0.15, 0.2) is 18.2 Å². The van der Waals surface area contributed by atoms with Crippen LogP contribution >= 0.6 is 0 Å². The molecule has 1 aromatic carbocycles. The van der Waals surface area contributed by atoms with Gasteiger partial charge in [-0.15, -0.1) is 0 Å². The van der Waals surface area contributed by atoms with Crippen LogP contribution in [0.5, 0.6) is 0 Å². The number of amides is 2. The lowest BCUT2D eigenvalue weighted by molar-refractivity contribution is -0.119. The zero-order chi connectivity index (χ0) is 24.6. The first kappa shape index (κ1) is 24.2. The number of anilines is 1. The summed E-state index contributed by atoms with van der Waals surface area (Å²) < 4.78 is 15.5. The molecule has 34 heavy (non-hydrogen) atoms. The van der Waals surface area contributed by atoms with Crippen molar-refractivity contribution in [1.29, 1.82) is 0 Å². The van der Waals surface area contributed by atoms with Crippen LogP contribution in [0.1, 0.15) is 90.0 Å². The van der Waals surface area contributed by atoms with Crippen LogP contribution in [0.2, 0.25) is 0 Å². The Labute approximate surface area is 200 Å². The van der Waals surface area contributed by atoms with Crippen molar-refractivity contribution in [2.24, 2.45) is 5.92 Å². The van der Waals surface area contributed by atoms with E-state index in [9.17, 15) is 18.8 Å². The second kappa shape index (κ2) is 9.35. The SMILES string of the molecule is Cc1cc(NC(=O)c2c(C)c(C(=O)C(=O)NC3(C)CCC(C)CC3)n3c2CCCC3)ccc1F. The molecule has 1 aromatic heterocycles. The zero-order valence-electron chi connectivity index (χ0n) is 20.5. The van der Waals surface area contributed by atoms with Crippen LogP contribution in [0.3, 0.4) is 0 Å². The summed E-state index contributed by atoms with van der Waals surface area (Å²) in [6.45, 7) is 8.19. The summed E-state index contributed by atoms with van der Waals surface area (Å²) in [5.41, 5.74) is 2.60. The topological polar surface area (TPSA) is 80.2 Å². The lowest BCUT2D eigenvalue weighted by Crippen LogP contribution is -2.50. The predicted molar refractivity (Wildman–Crippen MR) is 130 cm³/mol. The van der Waals surface area contributed by atoms with Gasteiger partial charge in [0.25, 0.3) is 17.6 Å². The van der Waals surface area contributed by atoms with Crippen molar-refractivity contribution in [3.05, 3.63) is 52.1 Å². The van der Waals surface area contributed by atoms with Gasteiger partial charge in [-0.25, -0.2) is 4.39 Å². The maximum Gasteiger partial charge on any atom is 0.294 e. The van der Waals surface area contributed by atoms with E-state index in [0.29, 0.717) is 47.0 Å². The Morgan fingerprint density at radius 3 is 2.50 bits per heavy atom. The molecule has 1 aliphatic carbocycles. The summed E-state index contributed by atoms with van der Waals surface area (Å²) in [6, 6.07) is 4.42. The first-order chi connectivity index (χ1) is 16.1. The van der Waals surface area contributed by atoms with Gasteiger partial charge in [0.2, 0.25) is 0 Å². The number of nitrogens with one attached hydrogen (secondary N) is 2. The van der Waals surface area contributed by atoms with E-state index in [-0.39, 0.29) is 17.3 Å². The Kier molecular flexibility index (Phi) is 6.65. The van der Waals surface area contributed by atoms with Crippen LogP contribution in [0, 0.1) is 25.6 Å². The van der Waals surface area contributed by atoms with Gasteiger partial charge in [-0.05, 0) is 101 Å². The second-order valence-corrected chi connectivity index (χ2v) is 10.3. The van der Waals surface area contributed by atoms with E-state index in [4.69, 9.17) is 0 Å². The normalized spacial score (nSPS) is 22.1. The maximum absolute atomic E-state index is 13.6. The quantitative estimate of drug-likeness (QED) is 0.474. The lowest BCUT2D eigenvalue weighted by Gasteiger charge is -2.36. The fourth-order valence-electron chi connectivity index (χ4n) is 5.35. The van der Waals surface area contributed by atoms with Crippen molar-refractivity contribution in [2.75, 3.05) is 5.32 Å². The average Bonchev–Trinajstić information content (AvgIpc) is 3.09. The van der Waals surface area contributed by atoms with E-state index in [1.165, 1.54) is 12.1 Å². The zero-order valence-corrected chi connectivity index (χ0v) is 20.5. The minimum absolute atomic E-state index is 0.306. The molecule has 4 rings (SSSR count). The summed E-state index contributed by atoms with van der Waals surface area (Å²) in [7, 11) is 0. The first-order valence-corrected chi connectivity index (χ1v) is 12.3. The number of hydrogen-bond acceptors (Lipinski definition) is 3. The summed E-state index contributed by atoms with van der Waals surface area (Å²) >= 11 is 0. The molecule has 2 amide bonds. The van der Waals surface area contributed by atoms with Crippen molar-refractivity contribution >= 4 is 23.3 Å². The molecule has 0 atom stereocenters. The molecule has 0 unspecified atom stereocenters. The van der Waals surface area contributed by atoms with Crippen LogP contribution in [-0.2, 0) is 17.8 Å². The molecule has 2 aromatic rings. The predicted octanol–water partition coefficient (Wildman–Crippen LogP) is 5.10. The molecule has 2 heterocycles. The monoisotopic (exact) mass is 467 g/mol. The Hall–Kier alpha value is -2.96. The van der Waals surface area contributed by atoms with Crippen LogP contribution in [0.4, 0.5) is 10.1 Å². The third-order valence-corrected chi connectivity index (χ3v) is 7.52. The molecule has 182 valence electrons. The highest BCUT2D eigenvalue weighted by Gasteiger charge is 2.36. The summed E-state index contributed by atoms with van der Waals surface area (Å²) in [6.07, 6.45) is 6.21. The van der Waals surface area contributed by atoms with Gasteiger partial charge in [-0.3, -0.25) is 14.4 Å². The fraction of sp³-hybridized carbons (Fsp3) is 0.519. The van der Waals surface area contributed by atoms with Gasteiger partial charge in [-0.1, -0.05) is 6.92 Å². The smallest absolute Gasteiger partial charge is 0.294 e. The molecule has 0 bridgehead atoms. The molecule has 1 fully saturated rings. The van der Waals surface area contributed by atoms with Gasteiger partial charge in [0.15, 0.2) is 0 Å². The largest absolute Gasteiger partial charge is 0.344 e. The van der Waals surface area contributed by atoms with Gasteiger partial charge in [0.1, 0.15) is 5.82 Å². The van der Waals surface area contributed by atoms with E-state index in [1.54, 1.807) is 19.9 Å². The number of ketones is 1. The molecule has 0 radical (unpaired) electrons. The number of aromatic nitrogens is 1. The van der Waals surface area contributed by atoms with Crippen molar-refractivity contribution in [3.8, 4) is 0 Å².